The average molecular weight is 535 g/mol. The Morgan fingerprint density at radius 3 is 2.26 bits per heavy atom. The van der Waals surface area contributed by atoms with Gasteiger partial charge >= 0.3 is 6.09 Å². The number of hydrogen-bond donors (Lipinski definition) is 4. The number of aromatic hydroxyl groups is 1. The molecule has 2 atom stereocenters. The second-order valence-electron chi connectivity index (χ2n) is 10.5. The number of amides is 4. The molecule has 1 aromatic carbocycles. The van der Waals surface area contributed by atoms with Gasteiger partial charge in [-0.3, -0.25) is 14.4 Å². The molecule has 0 saturated carbocycles. The molecule has 214 valence electrons. The largest absolute Gasteiger partial charge is 0.508 e. The highest BCUT2D eigenvalue weighted by atomic mass is 16.6. The number of phenols is 1. The lowest BCUT2D eigenvalue weighted by Gasteiger charge is -2.34. The molecule has 0 aliphatic carbocycles. The van der Waals surface area contributed by atoms with Crippen molar-refractivity contribution in [2.75, 3.05) is 13.1 Å². The summed E-state index contributed by atoms with van der Waals surface area (Å²) in [6.07, 6.45) is 4.81. The molecule has 0 fully saturated rings. The summed E-state index contributed by atoms with van der Waals surface area (Å²) in [4.78, 5) is 53.2. The van der Waals surface area contributed by atoms with Crippen molar-refractivity contribution in [2.24, 2.45) is 5.73 Å². The van der Waals surface area contributed by atoms with Gasteiger partial charge in [0, 0.05) is 13.1 Å². The Balaban J connectivity index is 3.43. The van der Waals surface area contributed by atoms with E-state index in [-0.39, 0.29) is 12.3 Å². The number of phenolic OH excluding ortho intramolecular Hbond substituents is 1. The molecule has 0 aliphatic heterocycles. The van der Waals surface area contributed by atoms with Crippen molar-refractivity contribution in [1.82, 2.24) is 15.5 Å². The molecule has 0 radical (unpaired) electrons. The number of rotatable bonds is 16. The maximum atomic E-state index is 13.9. The second kappa shape index (κ2) is 16.5. The van der Waals surface area contributed by atoms with Crippen molar-refractivity contribution in [2.45, 2.75) is 104 Å². The van der Waals surface area contributed by atoms with Gasteiger partial charge in [0.1, 0.15) is 23.4 Å². The zero-order valence-corrected chi connectivity index (χ0v) is 23.5. The van der Waals surface area contributed by atoms with Gasteiger partial charge in [0.25, 0.3) is 0 Å². The van der Waals surface area contributed by atoms with Crippen LogP contribution in [-0.2, 0) is 19.1 Å². The number of nitrogens with two attached hydrogens (primary N) is 1. The lowest BCUT2D eigenvalue weighted by atomic mass is 10.0. The maximum absolute atomic E-state index is 13.9. The lowest BCUT2D eigenvalue weighted by Crippen LogP contribution is -2.54. The molecule has 5 N–H and O–H groups in total. The molecular weight excluding hydrogens is 488 g/mol. The van der Waals surface area contributed by atoms with Crippen LogP contribution in [0.15, 0.2) is 24.3 Å². The molecule has 0 aromatic heterocycles. The Morgan fingerprint density at radius 2 is 1.68 bits per heavy atom. The first-order valence-corrected chi connectivity index (χ1v) is 13.5. The van der Waals surface area contributed by atoms with Crippen LogP contribution in [0.4, 0.5) is 4.79 Å². The van der Waals surface area contributed by atoms with E-state index in [1.165, 1.54) is 17.0 Å². The minimum atomic E-state index is -1.33. The van der Waals surface area contributed by atoms with Crippen molar-refractivity contribution in [3.05, 3.63) is 29.8 Å². The maximum Gasteiger partial charge on any atom is 0.408 e. The van der Waals surface area contributed by atoms with Crippen LogP contribution in [0.2, 0.25) is 0 Å². The third-order valence-electron chi connectivity index (χ3n) is 5.76. The molecule has 1 rings (SSSR count). The standard InChI is InChI=1S/C28H46N4O6/c1-6-8-10-11-12-17-32(26(36)22(19-23(29)34)31-27(37)38-28(3,4)5)24(25(35)30-16-9-7-2)20-14-13-15-21(33)18-20/h13-15,18,22,24,33H,6-12,16-17,19H2,1-5H3,(H2,29,34)(H,30,35)(H,31,37). The Kier molecular flexibility index (Phi) is 14.2. The predicted molar refractivity (Wildman–Crippen MR) is 146 cm³/mol. The summed E-state index contributed by atoms with van der Waals surface area (Å²) >= 11 is 0. The van der Waals surface area contributed by atoms with Gasteiger partial charge in [-0.25, -0.2) is 4.79 Å². The number of benzene rings is 1. The summed E-state index contributed by atoms with van der Waals surface area (Å²) in [5.41, 5.74) is 5.01. The molecule has 0 aliphatic rings. The number of unbranched alkanes of at least 4 members (excludes halogenated alkanes) is 5. The number of carbonyl (C=O) groups excluding carboxylic acids is 4. The Morgan fingerprint density at radius 1 is 1.03 bits per heavy atom. The van der Waals surface area contributed by atoms with Crippen LogP contribution >= 0.6 is 0 Å². The van der Waals surface area contributed by atoms with E-state index in [2.05, 4.69) is 17.6 Å². The Hall–Kier alpha value is -3.30. The van der Waals surface area contributed by atoms with Gasteiger partial charge in [0.15, 0.2) is 0 Å². The smallest absolute Gasteiger partial charge is 0.408 e. The van der Waals surface area contributed by atoms with Crippen LogP contribution in [0.5, 0.6) is 5.75 Å². The average Bonchev–Trinajstić information content (AvgIpc) is 2.81. The van der Waals surface area contributed by atoms with Crippen LogP contribution < -0.4 is 16.4 Å². The number of carbonyl (C=O) groups is 4. The number of alkyl carbamates (subject to hydrolysis) is 1. The van der Waals surface area contributed by atoms with E-state index in [0.717, 1.165) is 38.5 Å². The van der Waals surface area contributed by atoms with Crippen molar-refractivity contribution in [3.63, 3.8) is 0 Å². The summed E-state index contributed by atoms with van der Waals surface area (Å²) in [6.45, 7) is 9.77. The van der Waals surface area contributed by atoms with Crippen LogP contribution in [-0.4, -0.2) is 58.6 Å². The van der Waals surface area contributed by atoms with Gasteiger partial charge in [-0.15, -0.1) is 0 Å². The number of nitrogens with zero attached hydrogens (tertiary/aromatic N) is 1. The molecule has 2 unspecified atom stereocenters. The summed E-state index contributed by atoms with van der Waals surface area (Å²) in [5.74, 6) is -1.89. The SMILES string of the molecule is CCCCCCCN(C(=O)C(CC(N)=O)NC(=O)OC(C)(C)C)C(C(=O)NCCCC)c1cccc(O)c1. The van der Waals surface area contributed by atoms with Crippen molar-refractivity contribution in [1.29, 1.82) is 0 Å². The van der Waals surface area contributed by atoms with E-state index in [1.54, 1.807) is 32.9 Å². The third kappa shape index (κ3) is 12.3. The number of ether oxygens (including phenoxy) is 1. The van der Waals surface area contributed by atoms with Crippen molar-refractivity contribution in [3.8, 4) is 5.75 Å². The minimum absolute atomic E-state index is 0.0511. The quantitative estimate of drug-likeness (QED) is 0.236. The predicted octanol–water partition coefficient (Wildman–Crippen LogP) is 3.92. The fraction of sp³-hybridized carbons (Fsp3) is 0.643. The zero-order chi connectivity index (χ0) is 28.7. The van der Waals surface area contributed by atoms with Crippen LogP contribution in [0.3, 0.4) is 0 Å². The van der Waals surface area contributed by atoms with E-state index in [1.807, 2.05) is 6.92 Å². The highest BCUT2D eigenvalue weighted by molar-refractivity contribution is 5.94. The number of primary amides is 1. The molecule has 0 bridgehead atoms. The third-order valence-corrected chi connectivity index (χ3v) is 5.76. The molecule has 10 heteroatoms. The van der Waals surface area contributed by atoms with Gasteiger partial charge in [-0.2, -0.15) is 0 Å². The summed E-state index contributed by atoms with van der Waals surface area (Å²) < 4.78 is 5.29. The molecule has 1 aromatic rings. The number of hydrogen-bond acceptors (Lipinski definition) is 6. The zero-order valence-electron chi connectivity index (χ0n) is 23.5. The van der Waals surface area contributed by atoms with Crippen LogP contribution in [0.1, 0.15) is 97.6 Å². The van der Waals surface area contributed by atoms with Crippen LogP contribution in [0, 0.1) is 0 Å². The molecule has 0 saturated heterocycles. The Bertz CT molecular complexity index is 915. The fourth-order valence-electron chi connectivity index (χ4n) is 3.96. The van der Waals surface area contributed by atoms with Crippen molar-refractivity contribution < 1.29 is 29.0 Å². The highest BCUT2D eigenvalue weighted by Crippen LogP contribution is 2.26. The first-order chi connectivity index (χ1) is 17.9. The van der Waals surface area contributed by atoms with Gasteiger partial charge in [-0.1, -0.05) is 58.1 Å². The van der Waals surface area contributed by atoms with E-state index < -0.39 is 47.9 Å². The summed E-state index contributed by atoms with van der Waals surface area (Å²) in [6, 6.07) is 3.75. The molecular formula is C28H46N4O6. The van der Waals surface area contributed by atoms with Gasteiger partial charge in [0.05, 0.1) is 6.42 Å². The second-order valence-corrected chi connectivity index (χ2v) is 10.5. The van der Waals surface area contributed by atoms with Gasteiger partial charge < -0.3 is 31.1 Å². The Labute approximate surface area is 226 Å². The van der Waals surface area contributed by atoms with E-state index in [0.29, 0.717) is 18.5 Å². The lowest BCUT2D eigenvalue weighted by molar-refractivity contribution is -0.143. The molecule has 0 heterocycles. The molecule has 4 amide bonds. The molecule has 38 heavy (non-hydrogen) atoms. The summed E-state index contributed by atoms with van der Waals surface area (Å²) in [5, 5.41) is 15.5. The normalized spacial score (nSPS) is 12.8. The van der Waals surface area contributed by atoms with E-state index in [9.17, 15) is 24.3 Å². The van der Waals surface area contributed by atoms with Gasteiger partial charge in [-0.05, 0) is 51.3 Å². The topological polar surface area (TPSA) is 151 Å². The van der Waals surface area contributed by atoms with Gasteiger partial charge in [0.2, 0.25) is 17.7 Å². The number of nitrogens with one attached hydrogen (secondary N) is 2. The van der Waals surface area contributed by atoms with E-state index in [4.69, 9.17) is 10.5 Å². The first kappa shape index (κ1) is 32.7. The molecule has 0 spiro atoms. The van der Waals surface area contributed by atoms with Crippen molar-refractivity contribution >= 4 is 23.8 Å². The highest BCUT2D eigenvalue weighted by Gasteiger charge is 2.36. The van der Waals surface area contributed by atoms with E-state index >= 15 is 0 Å². The summed E-state index contributed by atoms with van der Waals surface area (Å²) in [7, 11) is 0. The first-order valence-electron chi connectivity index (χ1n) is 13.5. The molecule has 10 nitrogen and oxygen atoms in total. The van der Waals surface area contributed by atoms with Crippen LogP contribution in [0.25, 0.3) is 0 Å². The minimum Gasteiger partial charge on any atom is -0.508 e. The monoisotopic (exact) mass is 534 g/mol. The fourth-order valence-corrected chi connectivity index (χ4v) is 3.96.